The van der Waals surface area contributed by atoms with Crippen molar-refractivity contribution in [3.8, 4) is 5.75 Å². The van der Waals surface area contributed by atoms with Gasteiger partial charge in [-0.05, 0) is 58.7 Å². The summed E-state index contributed by atoms with van der Waals surface area (Å²) >= 11 is 0. The van der Waals surface area contributed by atoms with E-state index < -0.39 is 22.8 Å². The molecule has 1 aromatic heterocycles. The molecule has 1 aromatic carbocycles. The van der Waals surface area contributed by atoms with Crippen molar-refractivity contribution in [1.29, 1.82) is 0 Å². The van der Waals surface area contributed by atoms with Crippen LogP contribution in [-0.4, -0.2) is 62.1 Å². The third kappa shape index (κ3) is 3.82. The number of rotatable bonds is 7. The maximum absolute atomic E-state index is 14.5. The number of fused-ring (bicyclic) bond motifs is 1. The Kier molecular flexibility index (Phi) is 6.05. The molecule has 200 valence electrons. The fourth-order valence-electron chi connectivity index (χ4n) is 6.95. The Labute approximate surface area is 218 Å². The van der Waals surface area contributed by atoms with Crippen LogP contribution in [0.1, 0.15) is 64.8 Å². The van der Waals surface area contributed by atoms with Gasteiger partial charge in [0.1, 0.15) is 5.75 Å². The van der Waals surface area contributed by atoms with Crippen LogP contribution in [0.5, 0.6) is 5.75 Å². The number of amides is 1. The van der Waals surface area contributed by atoms with Crippen LogP contribution in [0.2, 0.25) is 0 Å². The van der Waals surface area contributed by atoms with Crippen molar-refractivity contribution in [2.75, 3.05) is 18.6 Å². The highest BCUT2D eigenvalue weighted by Gasteiger charge is 2.67. The fourth-order valence-corrected chi connectivity index (χ4v) is 6.95. The van der Waals surface area contributed by atoms with Crippen molar-refractivity contribution in [2.45, 2.75) is 83.8 Å². The zero-order valence-corrected chi connectivity index (χ0v) is 22.8. The van der Waals surface area contributed by atoms with E-state index in [4.69, 9.17) is 9.47 Å². The van der Waals surface area contributed by atoms with Gasteiger partial charge in [0.2, 0.25) is 0 Å². The molecule has 4 atom stereocenters. The molecule has 4 heterocycles. The first-order valence-electron chi connectivity index (χ1n) is 13.0. The number of aryl methyl sites for hydroxylation is 1. The van der Waals surface area contributed by atoms with Gasteiger partial charge in [0.05, 0.1) is 35.7 Å². The summed E-state index contributed by atoms with van der Waals surface area (Å²) in [5, 5.41) is 28.8. The molecule has 3 aliphatic heterocycles. The summed E-state index contributed by atoms with van der Waals surface area (Å²) in [4.78, 5) is 16.4. The second-order valence-electron chi connectivity index (χ2n) is 11.8. The van der Waals surface area contributed by atoms with E-state index in [1.807, 2.05) is 44.0 Å². The van der Waals surface area contributed by atoms with E-state index in [1.165, 1.54) is 0 Å². The standard InChI is InChI=1S/C28H38N4O5/c1-16-14-26(3,4)32-24-20(16)12-19(36-7)13-21(24)28(25(32)34)17(2)23(27(5,6)35)22(37-28)8-10-31-15-18(9-11-33)29-30-31/h12-15,17,22-23,33,35H,8-11H2,1-7H3/t17-,22+,23-,28+/m0/s1. The number of hydrogen-bond acceptors (Lipinski definition) is 7. The predicted molar refractivity (Wildman–Crippen MR) is 139 cm³/mol. The highest BCUT2D eigenvalue weighted by Crippen LogP contribution is 2.61. The highest BCUT2D eigenvalue weighted by atomic mass is 16.5. The fraction of sp³-hybridized carbons (Fsp3) is 0.607. The van der Waals surface area contributed by atoms with Crippen LogP contribution in [0, 0.1) is 11.8 Å². The van der Waals surface area contributed by atoms with Crippen molar-refractivity contribution >= 4 is 17.2 Å². The van der Waals surface area contributed by atoms with E-state index >= 15 is 0 Å². The maximum Gasteiger partial charge on any atom is 0.265 e. The summed E-state index contributed by atoms with van der Waals surface area (Å²) in [5.41, 5.74) is 1.61. The van der Waals surface area contributed by atoms with Crippen LogP contribution in [0.15, 0.2) is 24.4 Å². The van der Waals surface area contributed by atoms with E-state index in [9.17, 15) is 15.0 Å². The summed E-state index contributed by atoms with van der Waals surface area (Å²) in [6, 6.07) is 3.92. The van der Waals surface area contributed by atoms with Gasteiger partial charge in [0, 0.05) is 48.7 Å². The predicted octanol–water partition coefficient (Wildman–Crippen LogP) is 3.07. The molecule has 0 bridgehead atoms. The molecular weight excluding hydrogens is 472 g/mol. The molecule has 2 N–H and O–H groups in total. The number of aliphatic hydroxyl groups is 2. The first-order valence-corrected chi connectivity index (χ1v) is 13.0. The monoisotopic (exact) mass is 510 g/mol. The van der Waals surface area contributed by atoms with E-state index in [1.54, 1.807) is 25.6 Å². The molecule has 9 nitrogen and oxygen atoms in total. The number of methoxy groups -OCH3 is 1. The van der Waals surface area contributed by atoms with Gasteiger partial charge < -0.3 is 19.7 Å². The maximum atomic E-state index is 14.5. The molecule has 1 amide bonds. The first-order chi connectivity index (χ1) is 17.3. The number of carbonyl (C=O) groups excluding carboxylic acids is 1. The van der Waals surface area contributed by atoms with Crippen LogP contribution in [0.25, 0.3) is 5.57 Å². The van der Waals surface area contributed by atoms with E-state index in [-0.39, 0.29) is 24.3 Å². The Hall–Kier alpha value is -2.75. The second kappa shape index (κ2) is 8.64. The van der Waals surface area contributed by atoms with Gasteiger partial charge in [0.25, 0.3) is 5.91 Å². The summed E-state index contributed by atoms with van der Waals surface area (Å²) in [6.45, 7) is 12.3. The van der Waals surface area contributed by atoms with E-state index in [2.05, 4.69) is 23.3 Å². The summed E-state index contributed by atoms with van der Waals surface area (Å²) in [6.07, 6.45) is 4.53. The molecule has 5 rings (SSSR count). The summed E-state index contributed by atoms with van der Waals surface area (Å²) in [5.74, 6) is -0.0322. The smallest absolute Gasteiger partial charge is 0.265 e. The molecule has 2 aromatic rings. The quantitative estimate of drug-likeness (QED) is 0.589. The number of aromatic nitrogens is 3. The van der Waals surface area contributed by atoms with Crippen molar-refractivity contribution in [1.82, 2.24) is 15.0 Å². The van der Waals surface area contributed by atoms with Gasteiger partial charge >= 0.3 is 0 Å². The van der Waals surface area contributed by atoms with Gasteiger partial charge in [-0.25, -0.2) is 0 Å². The van der Waals surface area contributed by atoms with Gasteiger partial charge in [-0.1, -0.05) is 18.2 Å². The number of carbonyl (C=O) groups is 1. The van der Waals surface area contributed by atoms with Gasteiger partial charge in [-0.3, -0.25) is 14.4 Å². The van der Waals surface area contributed by atoms with Crippen LogP contribution in [0.3, 0.4) is 0 Å². The van der Waals surface area contributed by atoms with Crippen LogP contribution in [-0.2, 0) is 28.1 Å². The van der Waals surface area contributed by atoms with Gasteiger partial charge in [-0.15, -0.1) is 5.10 Å². The molecule has 1 fully saturated rings. The molecule has 1 spiro atoms. The minimum atomic E-state index is -1.24. The van der Waals surface area contributed by atoms with E-state index in [0.29, 0.717) is 25.1 Å². The molecular formula is C28H38N4O5. The van der Waals surface area contributed by atoms with Crippen molar-refractivity contribution in [2.24, 2.45) is 11.8 Å². The van der Waals surface area contributed by atoms with Gasteiger partial charge in [-0.2, -0.15) is 0 Å². The topological polar surface area (TPSA) is 110 Å². The third-order valence-electron chi connectivity index (χ3n) is 8.36. The number of allylic oxidation sites excluding steroid dienone is 1. The molecule has 9 heteroatoms. The lowest BCUT2D eigenvalue weighted by molar-refractivity contribution is -0.147. The Balaban J connectivity index is 1.59. The SMILES string of the molecule is COc1cc2c3c(c1)[C@@]1(O[C@H](CCn4cc(CCO)nn4)[C@@H](C(C)(C)O)[C@@H]1C)C(=O)N3C(C)(C)C=C2C. The molecule has 3 aliphatic rings. The lowest BCUT2D eigenvalue weighted by atomic mass is 9.70. The van der Waals surface area contributed by atoms with E-state index in [0.717, 1.165) is 28.1 Å². The number of aliphatic hydroxyl groups excluding tert-OH is 1. The van der Waals surface area contributed by atoms with Crippen molar-refractivity contribution in [3.05, 3.63) is 41.2 Å². The lowest BCUT2D eigenvalue weighted by Gasteiger charge is -2.39. The Morgan fingerprint density at radius 1 is 1.27 bits per heavy atom. The normalized spacial score (nSPS) is 28.1. The zero-order valence-electron chi connectivity index (χ0n) is 22.8. The Morgan fingerprint density at radius 3 is 2.65 bits per heavy atom. The van der Waals surface area contributed by atoms with Crippen LogP contribution in [0.4, 0.5) is 5.69 Å². The molecule has 0 saturated carbocycles. The van der Waals surface area contributed by atoms with Crippen LogP contribution < -0.4 is 9.64 Å². The van der Waals surface area contributed by atoms with Gasteiger partial charge in [0.15, 0.2) is 5.60 Å². The zero-order chi connectivity index (χ0) is 26.9. The molecule has 1 saturated heterocycles. The minimum absolute atomic E-state index is 0.0133. The molecule has 0 radical (unpaired) electrons. The summed E-state index contributed by atoms with van der Waals surface area (Å²) in [7, 11) is 1.63. The number of ether oxygens (including phenoxy) is 2. The second-order valence-corrected chi connectivity index (χ2v) is 11.8. The molecule has 37 heavy (non-hydrogen) atoms. The largest absolute Gasteiger partial charge is 0.497 e. The average Bonchev–Trinajstić information content (AvgIpc) is 3.45. The Bertz CT molecular complexity index is 1260. The van der Waals surface area contributed by atoms with Crippen molar-refractivity contribution < 1.29 is 24.5 Å². The minimum Gasteiger partial charge on any atom is -0.497 e. The first kappa shape index (κ1) is 25.9. The molecule has 0 unspecified atom stereocenters. The van der Waals surface area contributed by atoms with Crippen molar-refractivity contribution in [3.63, 3.8) is 0 Å². The Morgan fingerprint density at radius 2 is 2.00 bits per heavy atom. The highest BCUT2D eigenvalue weighted by molar-refractivity contribution is 6.12. The lowest BCUT2D eigenvalue weighted by Crippen LogP contribution is -2.53. The average molecular weight is 511 g/mol. The van der Waals surface area contributed by atoms with Crippen LogP contribution >= 0.6 is 0 Å². The number of hydrogen-bond donors (Lipinski definition) is 2. The third-order valence-corrected chi connectivity index (χ3v) is 8.36. The number of nitrogens with zero attached hydrogens (tertiary/aromatic N) is 4. The number of benzene rings is 1. The summed E-state index contributed by atoms with van der Waals surface area (Å²) < 4.78 is 14.3. The number of anilines is 1. The molecule has 0 aliphatic carbocycles.